The van der Waals surface area contributed by atoms with Gasteiger partial charge in [-0.3, -0.25) is 0 Å². The fraction of sp³-hybridized carbons (Fsp3) is 0.214. The van der Waals surface area contributed by atoms with Gasteiger partial charge in [0.05, 0.1) is 12.3 Å². The van der Waals surface area contributed by atoms with Gasteiger partial charge in [0.25, 0.3) is 0 Å². The first-order chi connectivity index (χ1) is 10.4. The van der Waals surface area contributed by atoms with Crippen molar-refractivity contribution in [2.24, 2.45) is 27.2 Å². The van der Waals surface area contributed by atoms with Gasteiger partial charge in [-0.15, -0.1) is 11.3 Å². The predicted molar refractivity (Wildman–Crippen MR) is 89.6 cm³/mol. The maximum atomic E-state index is 11.9. The summed E-state index contributed by atoms with van der Waals surface area (Å²) in [4.78, 5) is 20.3. The molecule has 8 heteroatoms. The summed E-state index contributed by atoms with van der Waals surface area (Å²) in [5.74, 6) is -0.497. The topological polar surface area (TPSA) is 129 Å². The molecule has 2 aromatic rings. The first-order valence-corrected chi connectivity index (χ1v) is 7.38. The van der Waals surface area contributed by atoms with Gasteiger partial charge in [0, 0.05) is 4.70 Å². The van der Waals surface area contributed by atoms with Crippen LogP contribution in [0.15, 0.2) is 28.2 Å². The molecule has 7 nitrogen and oxygen atoms in total. The van der Waals surface area contributed by atoms with Gasteiger partial charge in [-0.1, -0.05) is 0 Å². The number of hydrogen-bond donors (Lipinski definition) is 3. The van der Waals surface area contributed by atoms with Crippen LogP contribution in [0.3, 0.4) is 0 Å². The largest absolute Gasteiger partial charge is 0.462 e. The number of aliphatic imine (C=N–C) groups is 2. The van der Waals surface area contributed by atoms with E-state index in [2.05, 4.69) is 9.98 Å². The summed E-state index contributed by atoms with van der Waals surface area (Å²) in [5, 5.41) is 0.923. The van der Waals surface area contributed by atoms with Gasteiger partial charge in [-0.05, 0) is 43.0 Å². The molecule has 0 aliphatic rings. The molecule has 116 valence electrons. The first kappa shape index (κ1) is 15.8. The molecule has 0 aliphatic carbocycles. The van der Waals surface area contributed by atoms with Crippen molar-refractivity contribution in [3.63, 3.8) is 0 Å². The Balaban J connectivity index is 2.45. The van der Waals surface area contributed by atoms with Crippen molar-refractivity contribution in [2.45, 2.75) is 13.8 Å². The number of esters is 1. The van der Waals surface area contributed by atoms with Crippen LogP contribution in [0.5, 0.6) is 0 Å². The molecule has 0 fully saturated rings. The monoisotopic (exact) mass is 319 g/mol. The van der Waals surface area contributed by atoms with E-state index in [1.54, 1.807) is 13.0 Å². The van der Waals surface area contributed by atoms with E-state index in [0.717, 1.165) is 15.6 Å². The summed E-state index contributed by atoms with van der Waals surface area (Å²) >= 11 is 1.39. The molecule has 1 aromatic heterocycles. The SMILES string of the molecule is CCOC(=O)c1sc2ccc(N=C(N)N=C(N)N)cc2c1C. The molecular weight excluding hydrogens is 302 g/mol. The van der Waals surface area contributed by atoms with Crippen LogP contribution in [-0.2, 0) is 4.74 Å². The van der Waals surface area contributed by atoms with E-state index in [9.17, 15) is 4.79 Å². The molecule has 6 N–H and O–H groups in total. The fourth-order valence-electron chi connectivity index (χ4n) is 1.96. The van der Waals surface area contributed by atoms with Crippen LogP contribution in [0.25, 0.3) is 10.1 Å². The summed E-state index contributed by atoms with van der Waals surface area (Å²) in [6.45, 7) is 3.99. The number of nitrogens with two attached hydrogens (primary N) is 3. The predicted octanol–water partition coefficient (Wildman–Crippen LogP) is 1.61. The minimum Gasteiger partial charge on any atom is -0.462 e. The third-order valence-corrected chi connectivity index (χ3v) is 4.12. The zero-order valence-electron chi connectivity index (χ0n) is 12.3. The van der Waals surface area contributed by atoms with Crippen molar-refractivity contribution in [1.29, 1.82) is 0 Å². The highest BCUT2D eigenvalue weighted by Gasteiger charge is 2.16. The summed E-state index contributed by atoms with van der Waals surface area (Å²) in [6, 6.07) is 5.48. The van der Waals surface area contributed by atoms with E-state index in [1.807, 2.05) is 19.1 Å². The Labute approximate surface area is 131 Å². The van der Waals surface area contributed by atoms with Crippen molar-refractivity contribution < 1.29 is 9.53 Å². The minimum absolute atomic E-state index is 0.0298. The zero-order valence-corrected chi connectivity index (χ0v) is 13.1. The van der Waals surface area contributed by atoms with Crippen LogP contribution < -0.4 is 17.2 Å². The van der Waals surface area contributed by atoms with Crippen LogP contribution in [-0.4, -0.2) is 24.5 Å². The number of ether oxygens (including phenoxy) is 1. The van der Waals surface area contributed by atoms with E-state index in [1.165, 1.54) is 11.3 Å². The van der Waals surface area contributed by atoms with Crippen LogP contribution in [0, 0.1) is 6.92 Å². The third kappa shape index (κ3) is 3.34. The number of guanidine groups is 2. The van der Waals surface area contributed by atoms with Crippen molar-refractivity contribution >= 4 is 45.0 Å². The van der Waals surface area contributed by atoms with E-state index in [4.69, 9.17) is 21.9 Å². The van der Waals surface area contributed by atoms with Crippen molar-refractivity contribution in [3.8, 4) is 0 Å². The summed E-state index contributed by atoms with van der Waals surface area (Å²) < 4.78 is 6.03. The normalized spacial score (nSPS) is 11.5. The van der Waals surface area contributed by atoms with Gasteiger partial charge in [0.2, 0.25) is 5.96 Å². The zero-order chi connectivity index (χ0) is 16.3. The van der Waals surface area contributed by atoms with Crippen molar-refractivity contribution in [1.82, 2.24) is 0 Å². The van der Waals surface area contributed by atoms with Gasteiger partial charge in [-0.2, -0.15) is 4.99 Å². The minimum atomic E-state index is -0.314. The number of rotatable bonds is 3. The van der Waals surface area contributed by atoms with Crippen LogP contribution in [0.4, 0.5) is 5.69 Å². The second-order valence-corrected chi connectivity index (χ2v) is 5.52. The summed E-state index contributed by atoms with van der Waals surface area (Å²) in [6.07, 6.45) is 0. The quantitative estimate of drug-likeness (QED) is 0.449. The number of benzene rings is 1. The van der Waals surface area contributed by atoms with E-state index in [-0.39, 0.29) is 17.9 Å². The average Bonchev–Trinajstić information content (AvgIpc) is 2.75. The number of hydrogen-bond acceptors (Lipinski definition) is 4. The molecule has 0 atom stereocenters. The molecule has 0 saturated carbocycles. The standard InChI is InChI=1S/C14H17N5O2S/c1-3-21-12(20)11-7(2)9-6-8(4-5-10(9)22-11)18-14(17)19-13(15)16/h4-6H,3H2,1-2H3,(H6,15,16,17,18,19). The Bertz CT molecular complexity index is 775. The molecule has 0 bridgehead atoms. The highest BCUT2D eigenvalue weighted by molar-refractivity contribution is 7.21. The number of thiophene rings is 1. The average molecular weight is 319 g/mol. The lowest BCUT2D eigenvalue weighted by Gasteiger charge is -1.99. The first-order valence-electron chi connectivity index (χ1n) is 6.56. The van der Waals surface area contributed by atoms with Crippen LogP contribution >= 0.6 is 11.3 Å². The molecule has 0 saturated heterocycles. The number of carbonyl (C=O) groups is 1. The molecule has 2 rings (SSSR count). The number of carbonyl (C=O) groups excluding carboxylic acids is 1. The van der Waals surface area contributed by atoms with Crippen molar-refractivity contribution in [2.75, 3.05) is 6.61 Å². The Morgan fingerprint density at radius 2 is 2.05 bits per heavy atom. The molecule has 1 aromatic carbocycles. The Kier molecular flexibility index (Phi) is 4.62. The van der Waals surface area contributed by atoms with Crippen LogP contribution in [0.2, 0.25) is 0 Å². The lowest BCUT2D eigenvalue weighted by atomic mass is 10.1. The molecule has 0 unspecified atom stereocenters. The molecule has 22 heavy (non-hydrogen) atoms. The Morgan fingerprint density at radius 1 is 1.32 bits per heavy atom. The summed E-state index contributed by atoms with van der Waals surface area (Å²) in [7, 11) is 0. The maximum absolute atomic E-state index is 11.9. The van der Waals surface area contributed by atoms with Gasteiger partial charge in [-0.25, -0.2) is 9.79 Å². The summed E-state index contributed by atoms with van der Waals surface area (Å²) in [5.41, 5.74) is 17.6. The highest BCUT2D eigenvalue weighted by atomic mass is 32.1. The highest BCUT2D eigenvalue weighted by Crippen LogP contribution is 2.33. The molecule has 0 amide bonds. The molecular formula is C14H17N5O2S. The Morgan fingerprint density at radius 3 is 2.68 bits per heavy atom. The van der Waals surface area contributed by atoms with Gasteiger partial charge in [0.1, 0.15) is 4.88 Å². The third-order valence-electron chi connectivity index (χ3n) is 2.87. The lowest BCUT2D eigenvalue weighted by molar-refractivity contribution is 0.0531. The Hall–Kier alpha value is -2.61. The number of aryl methyl sites for hydroxylation is 1. The molecule has 0 radical (unpaired) electrons. The second kappa shape index (κ2) is 6.44. The van der Waals surface area contributed by atoms with E-state index in [0.29, 0.717) is 17.2 Å². The lowest BCUT2D eigenvalue weighted by Crippen LogP contribution is -2.26. The maximum Gasteiger partial charge on any atom is 0.348 e. The fourth-order valence-corrected chi connectivity index (χ4v) is 3.04. The van der Waals surface area contributed by atoms with Gasteiger partial charge >= 0.3 is 5.97 Å². The van der Waals surface area contributed by atoms with Gasteiger partial charge in [0.15, 0.2) is 5.96 Å². The second-order valence-electron chi connectivity index (χ2n) is 4.46. The number of nitrogens with zero attached hydrogens (tertiary/aromatic N) is 2. The van der Waals surface area contributed by atoms with E-state index < -0.39 is 0 Å². The van der Waals surface area contributed by atoms with Crippen LogP contribution in [0.1, 0.15) is 22.2 Å². The molecule has 0 spiro atoms. The molecule has 1 heterocycles. The smallest absolute Gasteiger partial charge is 0.348 e. The molecule has 0 aliphatic heterocycles. The van der Waals surface area contributed by atoms with E-state index >= 15 is 0 Å². The van der Waals surface area contributed by atoms with Gasteiger partial charge < -0.3 is 21.9 Å². The van der Waals surface area contributed by atoms with Crippen molar-refractivity contribution in [3.05, 3.63) is 28.6 Å². The number of fused-ring (bicyclic) bond motifs is 1.